The summed E-state index contributed by atoms with van der Waals surface area (Å²) in [7, 11) is -1.59. The molecule has 0 aliphatic rings. The molecular weight excluding hydrogens is 520 g/mol. The van der Waals surface area contributed by atoms with Crippen molar-refractivity contribution < 1.29 is 0 Å². The Morgan fingerprint density at radius 1 is 0.889 bits per heavy atom. The van der Waals surface area contributed by atoms with Gasteiger partial charge in [0, 0.05) is 39.2 Å². The Morgan fingerprint density at radius 2 is 1.47 bits per heavy atom. The number of hydrogen-bond donors (Lipinski definition) is 1. The second-order valence-corrected chi connectivity index (χ2v) is 18.0. The molecule has 0 aliphatic heterocycles. The van der Waals surface area contributed by atoms with Crippen molar-refractivity contribution in [1.82, 2.24) is 19.2 Å². The van der Waals surface area contributed by atoms with E-state index in [0.29, 0.717) is 5.04 Å². The predicted octanol–water partition coefficient (Wildman–Crippen LogP) is 9.66. The van der Waals surface area contributed by atoms with Crippen LogP contribution in [0.25, 0.3) is 22.1 Å². The molecule has 4 rings (SSSR count). The maximum absolute atomic E-state index is 4.78. The molecule has 4 aromatic rings. The molecule has 0 saturated heterocycles. The van der Waals surface area contributed by atoms with E-state index in [0.717, 1.165) is 11.3 Å². The lowest BCUT2D eigenvalue weighted by Crippen LogP contribution is -2.45. The summed E-state index contributed by atoms with van der Waals surface area (Å²) in [4.78, 5) is 14.8. The molecule has 0 unspecified atom stereocenters. The first-order valence-corrected chi connectivity index (χ1v) is 17.8. The molecule has 1 N–H and O–H groups in total. The van der Waals surface area contributed by atoms with Crippen molar-refractivity contribution in [2.24, 2.45) is 0 Å². The van der Waals surface area contributed by atoms with Crippen LogP contribution in [0.3, 0.4) is 0 Å². The highest BCUT2D eigenvalue weighted by Gasteiger charge is 2.38. The van der Waals surface area contributed by atoms with E-state index in [4.69, 9.17) is 4.98 Å². The number of nitrogens with zero attached hydrogens (tertiary/aromatic N) is 3. The minimum Gasteiger partial charge on any atom is -0.359 e. The fraction of sp³-hybridized carbons (Fsp3) is 0.500. The van der Waals surface area contributed by atoms with E-state index < -0.39 is 8.24 Å². The standard InChI is InChI=1S/C17H28N2SSi.C11H14N2S.ClH/c1-7-8-11-20-15-12-14-9-10-19(16(14)18-13-15)21(5,6)17(2,3)4;1-2-3-6-14-10-7-9-4-5-12-11(9)13-8-10;/h9-10,12-13H,7-8,11H2,1-6H3;4-5,7-8H,2-3,6H2,1H3,(H,12,13);1H. The number of pyridine rings is 2. The van der Waals surface area contributed by atoms with Crippen LogP contribution < -0.4 is 0 Å². The van der Waals surface area contributed by atoms with Gasteiger partial charge < -0.3 is 9.22 Å². The molecule has 0 fully saturated rings. The Hall–Kier alpha value is -1.41. The Morgan fingerprint density at radius 3 is 2.06 bits per heavy atom. The lowest BCUT2D eigenvalue weighted by Gasteiger charge is -2.38. The van der Waals surface area contributed by atoms with Crippen molar-refractivity contribution >= 4 is 66.2 Å². The molecule has 0 spiro atoms. The van der Waals surface area contributed by atoms with E-state index in [9.17, 15) is 0 Å². The van der Waals surface area contributed by atoms with Crippen LogP contribution in [0.5, 0.6) is 0 Å². The summed E-state index contributed by atoms with van der Waals surface area (Å²) in [5, 5.41) is 2.79. The van der Waals surface area contributed by atoms with Crippen LogP contribution in [0.4, 0.5) is 0 Å². The van der Waals surface area contributed by atoms with Crippen molar-refractivity contribution in [2.75, 3.05) is 11.5 Å². The maximum Gasteiger partial charge on any atom is 0.163 e. The third-order valence-corrected chi connectivity index (χ3v) is 14.2. The maximum atomic E-state index is 4.78. The number of thioether (sulfide) groups is 2. The number of aromatic nitrogens is 4. The first-order valence-electron chi connectivity index (χ1n) is 12.8. The SMILES string of the molecule is CCCCSc1cnc2[nH]ccc2c1.CCCCSc1cnc2c(ccn2[Si](C)(C)C(C)(C)C)c1.Cl. The summed E-state index contributed by atoms with van der Waals surface area (Å²) in [5.41, 5.74) is 2.13. The van der Waals surface area contributed by atoms with Gasteiger partial charge >= 0.3 is 0 Å². The van der Waals surface area contributed by atoms with E-state index in [1.807, 2.05) is 42.1 Å². The number of hydrogen-bond acceptors (Lipinski definition) is 4. The molecule has 0 amide bonds. The van der Waals surface area contributed by atoms with Crippen LogP contribution in [0, 0.1) is 0 Å². The van der Waals surface area contributed by atoms with Gasteiger partial charge in [-0.05, 0) is 59.8 Å². The van der Waals surface area contributed by atoms with Gasteiger partial charge in [-0.1, -0.05) is 60.6 Å². The first kappa shape index (κ1) is 30.8. The highest BCUT2D eigenvalue weighted by atomic mass is 35.5. The average Bonchev–Trinajstić information content (AvgIpc) is 3.46. The summed E-state index contributed by atoms with van der Waals surface area (Å²) in [5.74, 6) is 2.38. The van der Waals surface area contributed by atoms with Crippen LogP contribution in [0.15, 0.2) is 58.8 Å². The van der Waals surface area contributed by atoms with Crippen molar-refractivity contribution in [3.8, 4) is 0 Å². The van der Waals surface area contributed by atoms with Gasteiger partial charge in [0.1, 0.15) is 11.3 Å². The molecule has 36 heavy (non-hydrogen) atoms. The number of nitrogens with one attached hydrogen (secondary N) is 1. The fourth-order valence-corrected chi connectivity index (χ4v) is 7.46. The smallest absolute Gasteiger partial charge is 0.163 e. The van der Waals surface area contributed by atoms with E-state index >= 15 is 0 Å². The third-order valence-electron chi connectivity index (χ3n) is 6.85. The van der Waals surface area contributed by atoms with Crippen LogP contribution in [-0.2, 0) is 0 Å². The molecule has 0 aromatic carbocycles. The number of fused-ring (bicyclic) bond motifs is 2. The molecule has 0 atom stereocenters. The van der Waals surface area contributed by atoms with Gasteiger partial charge in [0.25, 0.3) is 0 Å². The van der Waals surface area contributed by atoms with Gasteiger partial charge in [0.15, 0.2) is 8.24 Å². The highest BCUT2D eigenvalue weighted by molar-refractivity contribution is 7.99. The van der Waals surface area contributed by atoms with Gasteiger partial charge in [-0.25, -0.2) is 9.97 Å². The zero-order valence-corrected chi connectivity index (χ0v) is 26.4. The first-order chi connectivity index (χ1) is 16.7. The largest absolute Gasteiger partial charge is 0.359 e. The molecule has 8 heteroatoms. The molecule has 0 saturated carbocycles. The van der Waals surface area contributed by atoms with Crippen LogP contribution in [0.2, 0.25) is 18.1 Å². The van der Waals surface area contributed by atoms with E-state index in [2.05, 4.69) is 92.4 Å². The van der Waals surface area contributed by atoms with Gasteiger partial charge in [-0.3, -0.25) is 0 Å². The molecule has 198 valence electrons. The Balaban J connectivity index is 0.000000265. The number of halogens is 1. The highest BCUT2D eigenvalue weighted by Crippen LogP contribution is 2.38. The topological polar surface area (TPSA) is 46.5 Å². The van der Waals surface area contributed by atoms with Gasteiger partial charge in [0.2, 0.25) is 0 Å². The van der Waals surface area contributed by atoms with Crippen LogP contribution in [0.1, 0.15) is 60.3 Å². The molecule has 4 heterocycles. The normalized spacial score (nSPS) is 11.9. The molecule has 0 aliphatic carbocycles. The second-order valence-electron chi connectivity index (χ2n) is 10.6. The predicted molar refractivity (Wildman–Crippen MR) is 167 cm³/mol. The Kier molecular flexibility index (Phi) is 11.9. The van der Waals surface area contributed by atoms with Crippen LogP contribution in [-0.4, -0.2) is 38.9 Å². The average molecular weight is 563 g/mol. The van der Waals surface area contributed by atoms with E-state index in [1.54, 1.807) is 0 Å². The lowest BCUT2D eigenvalue weighted by molar-refractivity contribution is 0.702. The number of aromatic amines is 1. The van der Waals surface area contributed by atoms with Gasteiger partial charge in [-0.15, -0.1) is 35.9 Å². The monoisotopic (exact) mass is 562 g/mol. The second kappa shape index (κ2) is 13.9. The zero-order chi connectivity index (χ0) is 25.5. The van der Waals surface area contributed by atoms with Crippen molar-refractivity contribution in [2.45, 2.75) is 88.2 Å². The quantitative estimate of drug-likeness (QED) is 0.125. The summed E-state index contributed by atoms with van der Waals surface area (Å²) in [6.07, 6.45) is 13.2. The summed E-state index contributed by atoms with van der Waals surface area (Å²) >= 11 is 3.81. The van der Waals surface area contributed by atoms with E-state index in [-0.39, 0.29) is 12.4 Å². The minimum absolute atomic E-state index is 0. The van der Waals surface area contributed by atoms with Crippen molar-refractivity contribution in [3.05, 3.63) is 49.1 Å². The van der Waals surface area contributed by atoms with Crippen molar-refractivity contribution in [1.29, 1.82) is 0 Å². The number of rotatable bonds is 9. The van der Waals surface area contributed by atoms with Gasteiger partial charge in [0.05, 0.1) is 0 Å². The molecule has 4 nitrogen and oxygen atoms in total. The number of unbranched alkanes of at least 4 members (excludes halogenated alkanes) is 2. The van der Waals surface area contributed by atoms with Gasteiger partial charge in [-0.2, -0.15) is 0 Å². The Labute approximate surface area is 233 Å². The zero-order valence-electron chi connectivity index (χ0n) is 22.9. The van der Waals surface area contributed by atoms with Crippen LogP contribution >= 0.6 is 35.9 Å². The lowest BCUT2D eigenvalue weighted by atomic mass is 10.2. The molecule has 0 bridgehead atoms. The molecular formula is C28H43ClN4S2Si. The Bertz CT molecular complexity index is 1210. The number of H-pyrrole nitrogens is 1. The third kappa shape index (κ3) is 7.79. The van der Waals surface area contributed by atoms with Crippen molar-refractivity contribution in [3.63, 3.8) is 0 Å². The van der Waals surface area contributed by atoms with E-state index in [1.165, 1.54) is 57.8 Å². The molecule has 4 aromatic heterocycles. The summed E-state index contributed by atoms with van der Waals surface area (Å²) in [6, 6.07) is 8.78. The summed E-state index contributed by atoms with van der Waals surface area (Å²) < 4.78 is 2.46. The fourth-order valence-electron chi connectivity index (χ4n) is 3.56. The molecule has 0 radical (unpaired) electrons. The summed E-state index contributed by atoms with van der Waals surface area (Å²) in [6.45, 7) is 16.4. The minimum atomic E-state index is -1.59.